The Bertz CT molecular complexity index is 1310. The summed E-state index contributed by atoms with van der Waals surface area (Å²) in [6, 6.07) is 14.3. The largest absolute Gasteiger partial charge is 0.343 e. The summed E-state index contributed by atoms with van der Waals surface area (Å²) in [6.07, 6.45) is 5.58. The summed E-state index contributed by atoms with van der Waals surface area (Å²) in [5.74, 6) is 0.943. The van der Waals surface area contributed by atoms with Crippen LogP contribution in [0.25, 0.3) is 10.8 Å². The molecule has 0 amide bonds. The Morgan fingerprint density at radius 1 is 0.906 bits per heavy atom. The number of benzene rings is 2. The Morgan fingerprint density at radius 3 is 2.59 bits per heavy atom. The van der Waals surface area contributed by atoms with Crippen molar-refractivity contribution >= 4 is 28.3 Å². The quantitative estimate of drug-likeness (QED) is 0.632. The molecule has 162 valence electrons. The van der Waals surface area contributed by atoms with E-state index in [0.29, 0.717) is 23.8 Å². The number of rotatable bonds is 2. The summed E-state index contributed by atoms with van der Waals surface area (Å²) < 4.78 is 0. The molecule has 6 rings (SSSR count). The fraction of sp³-hybridized carbons (Fsp3) is 0.346. The number of aromatic amines is 1. The maximum Gasteiger partial charge on any atom is 0.258 e. The van der Waals surface area contributed by atoms with Crippen LogP contribution in [0.3, 0.4) is 0 Å². The van der Waals surface area contributed by atoms with Gasteiger partial charge in [0.25, 0.3) is 5.56 Å². The molecule has 3 heterocycles. The van der Waals surface area contributed by atoms with Crippen LogP contribution in [0.4, 0.5) is 11.8 Å². The molecule has 0 saturated carbocycles. The van der Waals surface area contributed by atoms with E-state index >= 15 is 0 Å². The lowest BCUT2D eigenvalue weighted by Crippen LogP contribution is -2.36. The van der Waals surface area contributed by atoms with Gasteiger partial charge in [0.2, 0.25) is 5.95 Å². The Hall–Kier alpha value is -3.41. The Morgan fingerprint density at radius 2 is 1.72 bits per heavy atom. The molecule has 1 atom stereocenters. The lowest BCUT2D eigenvalue weighted by molar-refractivity contribution is -0.116. The number of nitrogens with zero attached hydrogens (tertiary/aromatic N) is 2. The van der Waals surface area contributed by atoms with Crippen molar-refractivity contribution in [2.75, 3.05) is 23.3 Å². The first-order valence-corrected chi connectivity index (χ1v) is 11.6. The topological polar surface area (TPSA) is 78.1 Å². The van der Waals surface area contributed by atoms with Gasteiger partial charge in [-0.15, -0.1) is 0 Å². The van der Waals surface area contributed by atoms with Crippen LogP contribution in [0.1, 0.15) is 55.6 Å². The zero-order valence-corrected chi connectivity index (χ0v) is 18.0. The molecule has 0 bridgehead atoms. The number of hydrogen-bond acceptors (Lipinski definition) is 5. The number of carbonyl (C=O) groups is 1. The van der Waals surface area contributed by atoms with Crippen molar-refractivity contribution in [3.63, 3.8) is 0 Å². The van der Waals surface area contributed by atoms with Crippen LogP contribution in [0, 0.1) is 0 Å². The van der Waals surface area contributed by atoms with Crippen LogP contribution in [-0.2, 0) is 4.79 Å². The van der Waals surface area contributed by atoms with E-state index < -0.39 is 5.92 Å². The van der Waals surface area contributed by atoms with Gasteiger partial charge in [-0.3, -0.25) is 14.6 Å². The third kappa shape index (κ3) is 3.05. The van der Waals surface area contributed by atoms with Crippen molar-refractivity contribution in [2.24, 2.45) is 0 Å². The zero-order valence-electron chi connectivity index (χ0n) is 18.0. The van der Waals surface area contributed by atoms with Crippen molar-refractivity contribution < 1.29 is 4.79 Å². The fourth-order valence-corrected chi connectivity index (χ4v) is 5.52. The summed E-state index contributed by atoms with van der Waals surface area (Å²) in [5.41, 5.74) is 3.04. The number of nitrogens with one attached hydrogen (secondary N) is 2. The van der Waals surface area contributed by atoms with E-state index in [4.69, 9.17) is 4.98 Å². The summed E-state index contributed by atoms with van der Waals surface area (Å²) in [6.45, 7) is 1.81. The summed E-state index contributed by atoms with van der Waals surface area (Å²) in [4.78, 5) is 36.8. The van der Waals surface area contributed by atoms with E-state index in [9.17, 15) is 9.59 Å². The average Bonchev–Trinajstić information content (AvgIpc) is 2.83. The highest BCUT2D eigenvalue weighted by Gasteiger charge is 2.38. The first-order valence-electron chi connectivity index (χ1n) is 11.6. The van der Waals surface area contributed by atoms with Crippen molar-refractivity contribution in [3.05, 3.63) is 75.2 Å². The molecular formula is C26H26N4O2. The first-order chi connectivity index (χ1) is 15.7. The highest BCUT2D eigenvalue weighted by molar-refractivity contribution is 6.02. The van der Waals surface area contributed by atoms with Gasteiger partial charge in [0.15, 0.2) is 5.78 Å². The zero-order chi connectivity index (χ0) is 21.7. The minimum atomic E-state index is -0.410. The van der Waals surface area contributed by atoms with E-state index in [1.54, 1.807) is 0 Å². The SMILES string of the molecule is O=C1CCCC2=C1[C@H](c1cccc3ccccc13)c1c(nc(N3CCCCC3)[nH]c1=O)N2. The minimum Gasteiger partial charge on any atom is -0.343 e. The van der Waals surface area contributed by atoms with Gasteiger partial charge < -0.3 is 10.2 Å². The highest BCUT2D eigenvalue weighted by atomic mass is 16.1. The molecule has 0 unspecified atom stereocenters. The highest BCUT2D eigenvalue weighted by Crippen LogP contribution is 2.45. The molecule has 1 aliphatic carbocycles. The van der Waals surface area contributed by atoms with Crippen molar-refractivity contribution in [3.8, 4) is 0 Å². The van der Waals surface area contributed by atoms with E-state index in [0.717, 1.165) is 66.4 Å². The second-order valence-corrected chi connectivity index (χ2v) is 8.99. The van der Waals surface area contributed by atoms with E-state index in [1.807, 2.05) is 24.3 Å². The average molecular weight is 427 g/mol. The molecule has 0 spiro atoms. The van der Waals surface area contributed by atoms with Crippen LogP contribution in [0.15, 0.2) is 58.5 Å². The predicted octanol–water partition coefficient (Wildman–Crippen LogP) is 4.48. The number of anilines is 2. The van der Waals surface area contributed by atoms with Gasteiger partial charge in [0, 0.05) is 36.7 Å². The minimum absolute atomic E-state index is 0.127. The Kier molecular flexibility index (Phi) is 4.59. The number of ketones is 1. The lowest BCUT2D eigenvalue weighted by atomic mass is 9.75. The summed E-state index contributed by atoms with van der Waals surface area (Å²) in [5, 5.41) is 5.57. The standard InChI is InChI=1S/C26H26N4O2/c31-20-13-7-12-19-22(20)21(18-11-6-9-16-8-2-3-10-17(16)18)23-24(27-19)28-26(29-25(23)32)30-14-4-1-5-15-30/h2-3,6,8-11,21H,1,4-5,7,12-15H2,(H2,27,28,29,32)/t21-/m0/s1. The number of carbonyl (C=O) groups excluding carboxylic acids is 1. The smallest absolute Gasteiger partial charge is 0.258 e. The van der Waals surface area contributed by atoms with Crippen LogP contribution < -0.4 is 15.8 Å². The third-order valence-corrected chi connectivity index (χ3v) is 7.04. The van der Waals surface area contributed by atoms with E-state index in [1.165, 1.54) is 6.42 Å². The molecule has 32 heavy (non-hydrogen) atoms. The van der Waals surface area contributed by atoms with E-state index in [-0.39, 0.29) is 11.3 Å². The van der Waals surface area contributed by atoms with Gasteiger partial charge in [0.05, 0.1) is 5.56 Å². The monoisotopic (exact) mass is 426 g/mol. The number of aromatic nitrogens is 2. The second kappa shape index (κ2) is 7.62. The molecule has 1 saturated heterocycles. The number of piperidine rings is 1. The molecule has 6 heteroatoms. The third-order valence-electron chi connectivity index (χ3n) is 7.04. The number of allylic oxidation sites excluding steroid dienone is 2. The lowest BCUT2D eigenvalue weighted by Gasteiger charge is -2.34. The Balaban J connectivity index is 1.58. The van der Waals surface area contributed by atoms with Crippen molar-refractivity contribution in [2.45, 2.75) is 44.4 Å². The van der Waals surface area contributed by atoms with Gasteiger partial charge in [0.1, 0.15) is 5.82 Å². The molecule has 0 radical (unpaired) electrons. The van der Waals surface area contributed by atoms with E-state index in [2.05, 4.69) is 33.4 Å². The first kappa shape index (κ1) is 19.3. The van der Waals surface area contributed by atoms with Crippen molar-refractivity contribution in [1.82, 2.24) is 9.97 Å². The number of H-pyrrole nitrogens is 1. The summed E-state index contributed by atoms with van der Waals surface area (Å²) in [7, 11) is 0. The fourth-order valence-electron chi connectivity index (χ4n) is 5.52. The van der Waals surface area contributed by atoms with Crippen LogP contribution in [-0.4, -0.2) is 28.8 Å². The number of Topliss-reactive ketones (excluding diaryl/α,β-unsaturated/α-hetero) is 1. The Labute approximate surface area is 186 Å². The molecule has 2 aromatic carbocycles. The van der Waals surface area contributed by atoms with Crippen LogP contribution in [0.2, 0.25) is 0 Å². The number of fused-ring (bicyclic) bond motifs is 2. The molecule has 3 aromatic rings. The van der Waals surface area contributed by atoms with Gasteiger partial charge in [-0.2, -0.15) is 4.98 Å². The molecular weight excluding hydrogens is 400 g/mol. The van der Waals surface area contributed by atoms with Gasteiger partial charge in [-0.1, -0.05) is 42.5 Å². The van der Waals surface area contributed by atoms with Crippen LogP contribution >= 0.6 is 0 Å². The molecule has 2 N–H and O–H groups in total. The molecule has 1 fully saturated rings. The maximum absolute atomic E-state index is 13.5. The van der Waals surface area contributed by atoms with Gasteiger partial charge in [-0.25, -0.2) is 0 Å². The maximum atomic E-state index is 13.5. The summed E-state index contributed by atoms with van der Waals surface area (Å²) >= 11 is 0. The number of hydrogen-bond donors (Lipinski definition) is 2. The normalized spacial score (nSPS) is 20.7. The molecule has 1 aromatic heterocycles. The van der Waals surface area contributed by atoms with Crippen molar-refractivity contribution in [1.29, 1.82) is 0 Å². The molecule has 6 nitrogen and oxygen atoms in total. The molecule has 3 aliphatic rings. The second-order valence-electron chi connectivity index (χ2n) is 8.99. The van der Waals surface area contributed by atoms with Gasteiger partial charge >= 0.3 is 0 Å². The van der Waals surface area contributed by atoms with Crippen LogP contribution in [0.5, 0.6) is 0 Å². The molecule has 2 aliphatic heterocycles. The van der Waals surface area contributed by atoms with Gasteiger partial charge in [-0.05, 0) is 48.4 Å². The predicted molar refractivity (Wildman–Crippen MR) is 126 cm³/mol.